The van der Waals surface area contributed by atoms with Crippen LogP contribution in [0, 0.1) is 0 Å². The van der Waals surface area contributed by atoms with Crippen LogP contribution in [0.3, 0.4) is 0 Å². The second-order valence-electron chi connectivity index (χ2n) is 19.1. The van der Waals surface area contributed by atoms with E-state index in [2.05, 4.69) is 184 Å². The van der Waals surface area contributed by atoms with Crippen molar-refractivity contribution in [2.75, 3.05) is 52.6 Å². The number of hydrogen-bond donors (Lipinski definition) is 0. The fourth-order valence-corrected chi connectivity index (χ4v) is 7.87. The van der Waals surface area contributed by atoms with Gasteiger partial charge in [0.2, 0.25) is 0 Å². The Bertz CT molecular complexity index is 1530. The number of rotatable bonds is 24. The van der Waals surface area contributed by atoms with Gasteiger partial charge in [-0.25, -0.2) is 0 Å². The van der Waals surface area contributed by atoms with Crippen LogP contribution in [-0.2, 0) is 43.0 Å². The van der Waals surface area contributed by atoms with E-state index in [1.165, 1.54) is 44.5 Å². The Labute approximate surface area is 412 Å². The Hall–Kier alpha value is -2.99. The molecule has 6 nitrogen and oxygen atoms in total. The third-order valence-corrected chi connectivity index (χ3v) is 11.4. The molecular formula is C56H84Co2N4O2. The fourth-order valence-electron chi connectivity index (χ4n) is 7.87. The van der Waals surface area contributed by atoms with Gasteiger partial charge in [-0.3, -0.25) is 0 Å². The molecule has 0 fully saturated rings. The molecule has 0 spiro atoms. The van der Waals surface area contributed by atoms with Gasteiger partial charge in [-0.05, 0) is 47.3 Å². The van der Waals surface area contributed by atoms with E-state index in [0.29, 0.717) is 99.9 Å². The summed E-state index contributed by atoms with van der Waals surface area (Å²) in [5.74, 6) is 3.73. The van der Waals surface area contributed by atoms with Gasteiger partial charge in [-0.2, -0.15) is 0 Å². The van der Waals surface area contributed by atoms with Crippen LogP contribution in [0.1, 0.15) is 203 Å². The number of benzene rings is 4. The standard InChI is InChI=1S/2C28H42N2O.2Co/c2*1-19(2)23-11-9-12-24(20(3)4)27(23)29-15-17-31-18-16-30-28-25(21(5)6)13-10-14-26(28)22(7)8;;/h2*9-14,19-22H,15-18H2,1-8H3;;/q2*-2;2*+2. The minimum Gasteiger partial charge on any atom is -0.682 e. The molecule has 4 aromatic rings. The molecule has 0 N–H and O–H groups in total. The molecule has 8 heteroatoms. The van der Waals surface area contributed by atoms with Crippen molar-refractivity contribution in [3.63, 3.8) is 0 Å². The SMILES string of the molecule is CC(C)c1cccc(C(C)C)c1[N-]CCOCC[N-]c1c(C(C)C)cccc1C(C)C.CC(C)c1cccc(C(C)C)c1[N-]CCOCC[N-]c1c(C(C)C)cccc1C(C)C.[Co+2].[Co+2]. The van der Waals surface area contributed by atoms with E-state index in [-0.39, 0.29) is 33.6 Å². The van der Waals surface area contributed by atoms with E-state index in [4.69, 9.17) is 30.7 Å². The van der Waals surface area contributed by atoms with Crippen molar-refractivity contribution in [3.05, 3.63) is 139 Å². The van der Waals surface area contributed by atoms with Gasteiger partial charge in [-0.15, -0.1) is 48.9 Å². The van der Waals surface area contributed by atoms with E-state index in [0.717, 1.165) is 22.7 Å². The monoisotopic (exact) mass is 963 g/mol. The minimum atomic E-state index is 0. The van der Waals surface area contributed by atoms with Gasteiger partial charge in [0.15, 0.2) is 0 Å². The molecule has 0 atom stereocenters. The average molecular weight is 963 g/mol. The fraction of sp³-hybridized carbons (Fsp3) is 0.571. The zero-order valence-electron chi connectivity index (χ0n) is 42.5. The van der Waals surface area contributed by atoms with Crippen molar-refractivity contribution >= 4 is 22.7 Å². The van der Waals surface area contributed by atoms with Gasteiger partial charge in [0, 0.05) is 26.4 Å². The van der Waals surface area contributed by atoms with Crippen LogP contribution in [0.5, 0.6) is 0 Å². The summed E-state index contributed by atoms with van der Waals surface area (Å²) < 4.78 is 11.8. The minimum absolute atomic E-state index is 0. The Balaban J connectivity index is 0.000000621. The van der Waals surface area contributed by atoms with Crippen LogP contribution in [-0.4, -0.2) is 52.6 Å². The summed E-state index contributed by atoms with van der Waals surface area (Å²) in [7, 11) is 0. The van der Waals surface area contributed by atoms with Gasteiger partial charge >= 0.3 is 33.6 Å². The quantitative estimate of drug-likeness (QED) is 0.0656. The van der Waals surface area contributed by atoms with E-state index in [1.807, 2.05) is 0 Å². The normalized spacial score (nSPS) is 11.4. The van der Waals surface area contributed by atoms with Crippen LogP contribution >= 0.6 is 0 Å². The van der Waals surface area contributed by atoms with Crippen molar-refractivity contribution in [1.29, 1.82) is 0 Å². The first kappa shape index (κ1) is 59.0. The summed E-state index contributed by atoms with van der Waals surface area (Å²) in [4.78, 5) is 0. The molecule has 0 heterocycles. The van der Waals surface area contributed by atoms with E-state index in [1.54, 1.807) is 0 Å². The molecule has 0 unspecified atom stereocenters. The maximum atomic E-state index is 5.89. The molecule has 4 aromatic carbocycles. The molecule has 0 aliphatic heterocycles. The van der Waals surface area contributed by atoms with E-state index < -0.39 is 0 Å². The molecule has 2 radical (unpaired) electrons. The van der Waals surface area contributed by atoms with Crippen molar-refractivity contribution in [2.24, 2.45) is 0 Å². The van der Waals surface area contributed by atoms with E-state index in [9.17, 15) is 0 Å². The second kappa shape index (κ2) is 30.3. The summed E-state index contributed by atoms with van der Waals surface area (Å²) in [6, 6.07) is 26.2. The largest absolute Gasteiger partial charge is 2.00 e. The Morgan fingerprint density at radius 3 is 0.547 bits per heavy atom. The van der Waals surface area contributed by atoms with E-state index >= 15 is 0 Å². The molecule has 358 valence electrons. The summed E-state index contributed by atoms with van der Waals surface area (Å²) in [6.45, 7) is 41.0. The van der Waals surface area contributed by atoms with Crippen molar-refractivity contribution in [1.82, 2.24) is 0 Å². The Kier molecular flexibility index (Phi) is 28.0. The zero-order chi connectivity index (χ0) is 45.9. The van der Waals surface area contributed by atoms with Gasteiger partial charge < -0.3 is 30.7 Å². The summed E-state index contributed by atoms with van der Waals surface area (Å²) in [5, 5.41) is 19.7. The average Bonchev–Trinajstić information content (AvgIpc) is 3.22. The molecule has 0 saturated carbocycles. The first-order valence-corrected chi connectivity index (χ1v) is 23.8. The number of nitrogens with zero attached hydrogens (tertiary/aromatic N) is 4. The maximum absolute atomic E-state index is 5.89. The number of hydrogen-bond acceptors (Lipinski definition) is 2. The molecule has 4 rings (SSSR count). The predicted molar refractivity (Wildman–Crippen MR) is 272 cm³/mol. The van der Waals surface area contributed by atoms with Crippen molar-refractivity contribution in [3.8, 4) is 0 Å². The van der Waals surface area contributed by atoms with Crippen molar-refractivity contribution < 1.29 is 43.0 Å². The molecule has 0 aliphatic rings. The van der Waals surface area contributed by atoms with Crippen LogP contribution < -0.4 is 0 Å². The summed E-state index contributed by atoms with van der Waals surface area (Å²) in [6.07, 6.45) is 0. The van der Waals surface area contributed by atoms with Crippen molar-refractivity contribution in [2.45, 2.75) is 158 Å². The molecule has 0 bridgehead atoms. The predicted octanol–water partition coefficient (Wildman–Crippen LogP) is 17.8. The molecule has 0 aromatic heterocycles. The summed E-state index contributed by atoms with van der Waals surface area (Å²) in [5.41, 5.74) is 15.3. The molecule has 0 aliphatic carbocycles. The van der Waals surface area contributed by atoms with Gasteiger partial charge in [-0.1, -0.05) is 228 Å². The maximum Gasteiger partial charge on any atom is 2.00 e. The number of para-hydroxylation sites is 4. The Morgan fingerprint density at radius 2 is 0.422 bits per heavy atom. The first-order chi connectivity index (χ1) is 29.5. The zero-order valence-corrected chi connectivity index (χ0v) is 44.6. The first-order valence-electron chi connectivity index (χ1n) is 23.8. The molecule has 0 saturated heterocycles. The Morgan fingerprint density at radius 1 is 0.281 bits per heavy atom. The van der Waals surface area contributed by atoms with Gasteiger partial charge in [0.05, 0.1) is 0 Å². The van der Waals surface area contributed by atoms with Crippen LogP contribution in [0.4, 0.5) is 22.7 Å². The van der Waals surface area contributed by atoms with Gasteiger partial charge in [0.25, 0.3) is 0 Å². The molecular weight excluding hydrogens is 879 g/mol. The molecule has 64 heavy (non-hydrogen) atoms. The smallest absolute Gasteiger partial charge is 0.682 e. The topological polar surface area (TPSA) is 74.9 Å². The van der Waals surface area contributed by atoms with Crippen LogP contribution in [0.2, 0.25) is 0 Å². The van der Waals surface area contributed by atoms with Crippen LogP contribution in [0.25, 0.3) is 21.3 Å². The third kappa shape index (κ3) is 18.0. The summed E-state index contributed by atoms with van der Waals surface area (Å²) >= 11 is 0. The van der Waals surface area contributed by atoms with Crippen LogP contribution in [0.15, 0.2) is 72.8 Å². The molecule has 0 amide bonds. The number of ether oxygens (including phenoxy) is 2. The third-order valence-electron chi connectivity index (χ3n) is 11.4. The second-order valence-corrected chi connectivity index (χ2v) is 19.1. The van der Waals surface area contributed by atoms with Gasteiger partial charge in [0.1, 0.15) is 0 Å².